The Morgan fingerprint density at radius 1 is 1.09 bits per heavy atom. The van der Waals surface area contributed by atoms with Crippen molar-refractivity contribution >= 4 is 5.71 Å². The maximum atomic E-state index is 5.57. The summed E-state index contributed by atoms with van der Waals surface area (Å²) in [7, 11) is 4.05. The van der Waals surface area contributed by atoms with E-state index in [0.717, 1.165) is 41.9 Å². The van der Waals surface area contributed by atoms with Crippen LogP contribution in [0.5, 0.6) is 0 Å². The SMILES string of the molecule is CN(C)CCO/N=C1\c2ccccc2CCc2ncccc21. The number of hydrogen-bond acceptors (Lipinski definition) is 4. The summed E-state index contributed by atoms with van der Waals surface area (Å²) in [6.45, 7) is 1.42. The molecule has 4 heteroatoms. The first-order valence-corrected chi connectivity index (χ1v) is 7.63. The molecule has 4 nitrogen and oxygen atoms in total. The summed E-state index contributed by atoms with van der Waals surface area (Å²) < 4.78 is 0. The average Bonchev–Trinajstić information content (AvgIpc) is 2.69. The topological polar surface area (TPSA) is 37.7 Å². The highest BCUT2D eigenvalue weighted by Gasteiger charge is 2.20. The lowest BCUT2D eigenvalue weighted by atomic mass is 10.00. The van der Waals surface area contributed by atoms with Gasteiger partial charge in [-0.25, -0.2) is 0 Å². The molecule has 1 aromatic heterocycles. The van der Waals surface area contributed by atoms with Gasteiger partial charge in [0.2, 0.25) is 0 Å². The van der Waals surface area contributed by atoms with Crippen molar-refractivity contribution in [3.05, 3.63) is 65.0 Å². The quantitative estimate of drug-likeness (QED) is 0.642. The predicted molar refractivity (Wildman–Crippen MR) is 88.2 cm³/mol. The Bertz CT molecular complexity index is 630. The van der Waals surface area contributed by atoms with Crippen LogP contribution in [0.3, 0.4) is 0 Å². The molecule has 0 atom stereocenters. The minimum atomic E-state index is 0.578. The summed E-state index contributed by atoms with van der Waals surface area (Å²) in [4.78, 5) is 12.2. The highest BCUT2D eigenvalue weighted by molar-refractivity contribution is 6.14. The molecule has 0 N–H and O–H groups in total. The van der Waals surface area contributed by atoms with Crippen LogP contribution in [0, 0.1) is 0 Å². The fourth-order valence-corrected chi connectivity index (χ4v) is 2.65. The smallest absolute Gasteiger partial charge is 0.129 e. The second kappa shape index (κ2) is 6.71. The zero-order valence-electron chi connectivity index (χ0n) is 13.1. The number of fused-ring (bicyclic) bond motifs is 2. The maximum Gasteiger partial charge on any atom is 0.129 e. The molecule has 1 aliphatic rings. The Morgan fingerprint density at radius 3 is 2.77 bits per heavy atom. The Balaban J connectivity index is 1.97. The van der Waals surface area contributed by atoms with Crippen LogP contribution < -0.4 is 0 Å². The van der Waals surface area contributed by atoms with E-state index in [1.165, 1.54) is 5.56 Å². The van der Waals surface area contributed by atoms with Gasteiger partial charge in [0.15, 0.2) is 0 Å². The number of aryl methyl sites for hydroxylation is 2. The molecule has 2 aromatic rings. The molecular weight excluding hydrogens is 274 g/mol. The molecule has 1 heterocycles. The third-order valence-electron chi connectivity index (χ3n) is 3.83. The number of nitrogens with zero attached hydrogens (tertiary/aromatic N) is 3. The maximum absolute atomic E-state index is 5.57. The average molecular weight is 295 g/mol. The van der Waals surface area contributed by atoms with Gasteiger partial charge in [-0.3, -0.25) is 4.98 Å². The van der Waals surface area contributed by atoms with E-state index in [-0.39, 0.29) is 0 Å². The number of hydrogen-bond donors (Lipinski definition) is 0. The molecule has 0 saturated carbocycles. The molecule has 1 aromatic carbocycles. The molecule has 3 rings (SSSR count). The second-order valence-corrected chi connectivity index (χ2v) is 5.73. The van der Waals surface area contributed by atoms with Crippen molar-refractivity contribution in [1.82, 2.24) is 9.88 Å². The number of oxime groups is 1. The van der Waals surface area contributed by atoms with Crippen LogP contribution in [0.2, 0.25) is 0 Å². The van der Waals surface area contributed by atoms with Gasteiger partial charge in [-0.05, 0) is 44.6 Å². The van der Waals surface area contributed by atoms with Crippen LogP contribution in [-0.4, -0.2) is 42.8 Å². The lowest BCUT2D eigenvalue weighted by Gasteiger charge is -2.11. The summed E-state index contributed by atoms with van der Waals surface area (Å²) in [5.74, 6) is 0. The molecule has 0 saturated heterocycles. The Kier molecular flexibility index (Phi) is 4.49. The van der Waals surface area contributed by atoms with Crippen LogP contribution >= 0.6 is 0 Å². The number of benzene rings is 1. The standard InChI is InChI=1S/C18H21N3O/c1-21(2)12-13-22-20-18-15-7-4-3-6-14(15)9-10-17-16(18)8-5-11-19-17/h3-8,11H,9-10,12-13H2,1-2H3/b20-18+. The minimum Gasteiger partial charge on any atom is -0.394 e. The van der Waals surface area contributed by atoms with Gasteiger partial charge in [-0.15, -0.1) is 0 Å². The minimum absolute atomic E-state index is 0.578. The van der Waals surface area contributed by atoms with Crippen molar-refractivity contribution in [2.75, 3.05) is 27.2 Å². The van der Waals surface area contributed by atoms with Gasteiger partial charge >= 0.3 is 0 Å². The van der Waals surface area contributed by atoms with Crippen molar-refractivity contribution in [3.63, 3.8) is 0 Å². The van der Waals surface area contributed by atoms with Gasteiger partial charge in [-0.2, -0.15) is 0 Å². The first-order chi connectivity index (χ1) is 10.8. The monoisotopic (exact) mass is 295 g/mol. The van der Waals surface area contributed by atoms with Crippen LogP contribution in [0.15, 0.2) is 47.8 Å². The van der Waals surface area contributed by atoms with Crippen LogP contribution in [0.1, 0.15) is 22.4 Å². The van der Waals surface area contributed by atoms with Crippen molar-refractivity contribution in [2.45, 2.75) is 12.8 Å². The summed E-state index contributed by atoms with van der Waals surface area (Å²) in [5.41, 5.74) is 5.52. The van der Waals surface area contributed by atoms with E-state index in [1.54, 1.807) is 0 Å². The van der Waals surface area contributed by atoms with Crippen LogP contribution in [0.25, 0.3) is 0 Å². The van der Waals surface area contributed by atoms with Crippen molar-refractivity contribution in [1.29, 1.82) is 0 Å². The van der Waals surface area contributed by atoms with Gasteiger partial charge in [0.1, 0.15) is 12.3 Å². The summed E-state index contributed by atoms with van der Waals surface area (Å²) in [6.07, 6.45) is 3.76. The van der Waals surface area contributed by atoms with E-state index in [2.05, 4.69) is 45.4 Å². The summed E-state index contributed by atoms with van der Waals surface area (Å²) in [5, 5.41) is 4.45. The van der Waals surface area contributed by atoms with Crippen molar-refractivity contribution in [2.24, 2.45) is 5.16 Å². The third-order valence-corrected chi connectivity index (χ3v) is 3.83. The Hall–Kier alpha value is -2.20. The summed E-state index contributed by atoms with van der Waals surface area (Å²) in [6, 6.07) is 12.4. The number of aromatic nitrogens is 1. The van der Waals surface area contributed by atoms with Crippen molar-refractivity contribution < 1.29 is 4.84 Å². The highest BCUT2D eigenvalue weighted by atomic mass is 16.6. The van der Waals surface area contributed by atoms with E-state index in [0.29, 0.717) is 6.61 Å². The Morgan fingerprint density at radius 2 is 1.91 bits per heavy atom. The largest absolute Gasteiger partial charge is 0.394 e. The first-order valence-electron chi connectivity index (χ1n) is 7.63. The van der Waals surface area contributed by atoms with Gasteiger partial charge in [-0.1, -0.05) is 29.4 Å². The van der Waals surface area contributed by atoms with Gasteiger partial charge in [0.25, 0.3) is 0 Å². The third kappa shape index (κ3) is 3.17. The molecule has 114 valence electrons. The number of rotatable bonds is 4. The van der Waals surface area contributed by atoms with Gasteiger partial charge in [0, 0.05) is 23.9 Å². The fourth-order valence-electron chi connectivity index (χ4n) is 2.65. The van der Waals surface area contributed by atoms with E-state index < -0.39 is 0 Å². The first kappa shape index (κ1) is 14.7. The number of pyridine rings is 1. The van der Waals surface area contributed by atoms with Crippen LogP contribution in [-0.2, 0) is 17.7 Å². The zero-order valence-corrected chi connectivity index (χ0v) is 13.1. The molecule has 1 aliphatic carbocycles. The molecule has 0 spiro atoms. The molecule has 0 bridgehead atoms. The molecule has 0 radical (unpaired) electrons. The zero-order chi connectivity index (χ0) is 15.4. The normalized spacial score (nSPS) is 15.3. The van der Waals surface area contributed by atoms with E-state index in [4.69, 9.17) is 4.84 Å². The molecule has 0 unspecified atom stereocenters. The van der Waals surface area contributed by atoms with E-state index in [1.807, 2.05) is 26.4 Å². The molecular formula is C18H21N3O. The highest BCUT2D eigenvalue weighted by Crippen LogP contribution is 2.23. The Labute approximate surface area is 131 Å². The van der Waals surface area contributed by atoms with E-state index in [9.17, 15) is 0 Å². The van der Waals surface area contributed by atoms with Gasteiger partial charge in [0.05, 0.1) is 5.69 Å². The molecule has 0 fully saturated rings. The second-order valence-electron chi connectivity index (χ2n) is 5.73. The lowest BCUT2D eigenvalue weighted by molar-refractivity contribution is 0.126. The molecule has 0 amide bonds. The van der Waals surface area contributed by atoms with Gasteiger partial charge < -0.3 is 9.74 Å². The van der Waals surface area contributed by atoms with E-state index >= 15 is 0 Å². The predicted octanol–water partition coefficient (Wildman–Crippen LogP) is 2.51. The van der Waals surface area contributed by atoms with Crippen molar-refractivity contribution in [3.8, 4) is 0 Å². The fraction of sp³-hybridized carbons (Fsp3) is 0.333. The molecule has 22 heavy (non-hydrogen) atoms. The lowest BCUT2D eigenvalue weighted by Crippen LogP contribution is -2.17. The molecule has 0 aliphatic heterocycles. The van der Waals surface area contributed by atoms with Crippen LogP contribution in [0.4, 0.5) is 0 Å². The summed E-state index contributed by atoms with van der Waals surface area (Å²) >= 11 is 0. The number of likely N-dealkylation sites (N-methyl/N-ethyl adjacent to an activating group) is 1.